The summed E-state index contributed by atoms with van der Waals surface area (Å²) in [5.74, 6) is 0.769. The van der Waals surface area contributed by atoms with Gasteiger partial charge in [-0.05, 0) is 37.3 Å². The van der Waals surface area contributed by atoms with Crippen LogP contribution in [0.2, 0.25) is 5.02 Å². The van der Waals surface area contributed by atoms with E-state index in [9.17, 15) is 4.79 Å². The number of carbonyl (C=O) groups excluding carboxylic acids is 1. The Balaban J connectivity index is 2.26. The molecule has 1 amide bonds. The fourth-order valence-corrected chi connectivity index (χ4v) is 2.06. The number of nitrogens with one attached hydrogen (secondary N) is 1. The quantitative estimate of drug-likeness (QED) is 0.908. The molecule has 0 aliphatic rings. The molecule has 0 saturated heterocycles. The second-order valence-electron chi connectivity index (χ2n) is 4.23. The van der Waals surface area contributed by atoms with Crippen molar-refractivity contribution in [2.75, 3.05) is 19.0 Å². The largest absolute Gasteiger partial charge is 0.496 e. The van der Waals surface area contributed by atoms with E-state index in [4.69, 9.17) is 21.1 Å². The van der Waals surface area contributed by atoms with Gasteiger partial charge in [-0.15, -0.1) is 0 Å². The molecule has 2 aromatic rings. The number of benzene rings is 2. The number of methoxy groups -OCH3 is 1. The van der Waals surface area contributed by atoms with Crippen LogP contribution in [-0.2, 0) is 0 Å². The number of rotatable bonds is 5. The van der Waals surface area contributed by atoms with Gasteiger partial charge >= 0.3 is 0 Å². The lowest BCUT2D eigenvalue weighted by Crippen LogP contribution is -2.14. The molecule has 0 fully saturated rings. The van der Waals surface area contributed by atoms with Crippen molar-refractivity contribution in [2.24, 2.45) is 0 Å². The van der Waals surface area contributed by atoms with Crippen molar-refractivity contribution in [2.45, 2.75) is 6.92 Å². The van der Waals surface area contributed by atoms with Crippen molar-refractivity contribution in [3.05, 3.63) is 53.1 Å². The third-order valence-electron chi connectivity index (χ3n) is 2.84. The fraction of sp³-hybridized carbons (Fsp3) is 0.188. The number of carbonyl (C=O) groups is 1. The number of para-hydroxylation sites is 2. The van der Waals surface area contributed by atoms with Gasteiger partial charge in [0, 0.05) is 5.02 Å². The van der Waals surface area contributed by atoms with E-state index in [1.807, 2.05) is 19.1 Å². The van der Waals surface area contributed by atoms with E-state index in [-0.39, 0.29) is 5.91 Å². The fourth-order valence-electron chi connectivity index (χ4n) is 1.89. The molecule has 5 heteroatoms. The van der Waals surface area contributed by atoms with E-state index >= 15 is 0 Å². The molecule has 2 rings (SSSR count). The van der Waals surface area contributed by atoms with E-state index in [1.165, 1.54) is 7.11 Å². The highest BCUT2D eigenvalue weighted by Gasteiger charge is 2.14. The third-order valence-corrected chi connectivity index (χ3v) is 3.08. The standard InChI is InChI=1S/C16H16ClNO3/c1-3-21-14-7-5-4-6-13(14)18-16(19)12-9-8-11(17)10-15(12)20-2/h4-10H,3H2,1-2H3,(H,18,19). The minimum atomic E-state index is -0.282. The highest BCUT2D eigenvalue weighted by Crippen LogP contribution is 2.27. The minimum Gasteiger partial charge on any atom is -0.496 e. The van der Waals surface area contributed by atoms with Gasteiger partial charge in [-0.1, -0.05) is 23.7 Å². The molecule has 0 aliphatic heterocycles. The summed E-state index contributed by atoms with van der Waals surface area (Å²) < 4.78 is 10.7. The zero-order valence-electron chi connectivity index (χ0n) is 11.9. The number of halogens is 1. The number of amides is 1. The molecule has 0 atom stereocenters. The summed E-state index contributed by atoms with van der Waals surface area (Å²) in [5, 5.41) is 3.33. The van der Waals surface area contributed by atoms with E-state index in [2.05, 4.69) is 5.32 Å². The van der Waals surface area contributed by atoms with Gasteiger partial charge in [0.2, 0.25) is 0 Å². The van der Waals surface area contributed by atoms with Crippen LogP contribution in [0, 0.1) is 0 Å². The zero-order chi connectivity index (χ0) is 15.2. The smallest absolute Gasteiger partial charge is 0.259 e. The molecule has 0 unspecified atom stereocenters. The molecule has 0 spiro atoms. The maximum atomic E-state index is 12.4. The van der Waals surface area contributed by atoms with Gasteiger partial charge in [0.05, 0.1) is 25.0 Å². The summed E-state index contributed by atoms with van der Waals surface area (Å²) in [7, 11) is 1.50. The summed E-state index contributed by atoms with van der Waals surface area (Å²) in [6.07, 6.45) is 0. The van der Waals surface area contributed by atoms with Gasteiger partial charge in [0.25, 0.3) is 5.91 Å². The molecule has 0 radical (unpaired) electrons. The Hall–Kier alpha value is -2.20. The molecule has 110 valence electrons. The maximum absolute atomic E-state index is 12.4. The molecule has 0 aromatic heterocycles. The van der Waals surface area contributed by atoms with Crippen LogP contribution in [0.4, 0.5) is 5.69 Å². The first-order valence-corrected chi connectivity index (χ1v) is 6.90. The molecule has 0 bridgehead atoms. The molecule has 4 nitrogen and oxygen atoms in total. The lowest BCUT2D eigenvalue weighted by Gasteiger charge is -2.13. The lowest BCUT2D eigenvalue weighted by molar-refractivity contribution is 0.102. The molecule has 0 saturated carbocycles. The molecule has 2 aromatic carbocycles. The van der Waals surface area contributed by atoms with Crippen molar-refractivity contribution in [3.63, 3.8) is 0 Å². The van der Waals surface area contributed by atoms with Crippen molar-refractivity contribution in [3.8, 4) is 11.5 Å². The number of ether oxygens (including phenoxy) is 2. The van der Waals surface area contributed by atoms with Crippen LogP contribution in [0.1, 0.15) is 17.3 Å². The van der Waals surface area contributed by atoms with Crippen LogP contribution in [0.3, 0.4) is 0 Å². The molecular weight excluding hydrogens is 290 g/mol. The summed E-state index contributed by atoms with van der Waals surface area (Å²) in [6, 6.07) is 12.1. The van der Waals surface area contributed by atoms with Crippen molar-refractivity contribution in [1.29, 1.82) is 0 Å². The van der Waals surface area contributed by atoms with Crippen LogP contribution in [0.5, 0.6) is 11.5 Å². The van der Waals surface area contributed by atoms with Gasteiger partial charge in [-0.2, -0.15) is 0 Å². The van der Waals surface area contributed by atoms with Crippen LogP contribution >= 0.6 is 11.6 Å². The Morgan fingerprint density at radius 3 is 2.67 bits per heavy atom. The average Bonchev–Trinajstić information content (AvgIpc) is 2.49. The summed E-state index contributed by atoms with van der Waals surface area (Å²) in [6.45, 7) is 2.41. The Bertz CT molecular complexity index is 643. The number of hydrogen-bond acceptors (Lipinski definition) is 3. The first-order chi connectivity index (χ1) is 10.2. The van der Waals surface area contributed by atoms with Gasteiger partial charge in [-0.3, -0.25) is 4.79 Å². The van der Waals surface area contributed by atoms with Gasteiger partial charge in [0.1, 0.15) is 11.5 Å². The molecule has 0 aliphatic carbocycles. The van der Waals surface area contributed by atoms with Gasteiger partial charge in [0.15, 0.2) is 0 Å². The van der Waals surface area contributed by atoms with Crippen LogP contribution in [0.25, 0.3) is 0 Å². The lowest BCUT2D eigenvalue weighted by atomic mass is 10.1. The van der Waals surface area contributed by atoms with E-state index in [0.717, 1.165) is 0 Å². The number of anilines is 1. The van der Waals surface area contributed by atoms with Crippen LogP contribution in [0.15, 0.2) is 42.5 Å². The predicted octanol–water partition coefficient (Wildman–Crippen LogP) is 4.00. The van der Waals surface area contributed by atoms with E-state index in [0.29, 0.717) is 34.4 Å². The maximum Gasteiger partial charge on any atom is 0.259 e. The van der Waals surface area contributed by atoms with Crippen LogP contribution in [-0.4, -0.2) is 19.6 Å². The third kappa shape index (κ3) is 3.67. The predicted molar refractivity (Wildman–Crippen MR) is 83.6 cm³/mol. The summed E-state index contributed by atoms with van der Waals surface area (Å²) in [5.41, 5.74) is 1.02. The molecule has 0 heterocycles. The van der Waals surface area contributed by atoms with E-state index < -0.39 is 0 Å². The average molecular weight is 306 g/mol. The van der Waals surface area contributed by atoms with E-state index in [1.54, 1.807) is 30.3 Å². The zero-order valence-corrected chi connectivity index (χ0v) is 12.6. The highest BCUT2D eigenvalue weighted by atomic mass is 35.5. The second-order valence-corrected chi connectivity index (χ2v) is 4.66. The molecule has 21 heavy (non-hydrogen) atoms. The van der Waals surface area contributed by atoms with Gasteiger partial charge in [-0.25, -0.2) is 0 Å². The normalized spacial score (nSPS) is 10.0. The molecular formula is C16H16ClNO3. The Morgan fingerprint density at radius 2 is 1.95 bits per heavy atom. The topological polar surface area (TPSA) is 47.6 Å². The SMILES string of the molecule is CCOc1ccccc1NC(=O)c1ccc(Cl)cc1OC. The van der Waals surface area contributed by atoms with Crippen molar-refractivity contribution in [1.82, 2.24) is 0 Å². The Labute approximate surface area is 128 Å². The first-order valence-electron chi connectivity index (χ1n) is 6.52. The minimum absolute atomic E-state index is 0.282. The highest BCUT2D eigenvalue weighted by molar-refractivity contribution is 6.31. The van der Waals surface area contributed by atoms with Crippen molar-refractivity contribution >= 4 is 23.2 Å². The second kappa shape index (κ2) is 6.99. The summed E-state index contributed by atoms with van der Waals surface area (Å²) in [4.78, 5) is 12.4. The first kappa shape index (κ1) is 15.2. The van der Waals surface area contributed by atoms with Crippen molar-refractivity contribution < 1.29 is 14.3 Å². The number of hydrogen-bond donors (Lipinski definition) is 1. The Kier molecular flexibility index (Phi) is 5.06. The van der Waals surface area contributed by atoms with Crippen LogP contribution < -0.4 is 14.8 Å². The molecule has 1 N–H and O–H groups in total. The van der Waals surface area contributed by atoms with Gasteiger partial charge < -0.3 is 14.8 Å². The monoisotopic (exact) mass is 305 g/mol. The Morgan fingerprint density at radius 1 is 1.19 bits per heavy atom. The summed E-state index contributed by atoms with van der Waals surface area (Å²) >= 11 is 5.90.